The number of nitrogens with one attached hydrogen (secondary N) is 1. The second kappa shape index (κ2) is 8.13. The molecule has 1 aromatic heterocycles. The van der Waals surface area contributed by atoms with Crippen LogP contribution in [0.4, 0.5) is 5.69 Å². The number of carbonyl (C=O) groups excluding carboxylic acids is 1. The maximum Gasteiger partial charge on any atom is 0.295 e. The molecule has 0 fully saturated rings. The lowest BCUT2D eigenvalue weighted by molar-refractivity contribution is 0.101. The molecule has 0 radical (unpaired) electrons. The molecule has 0 aliphatic rings. The number of aromatic nitrogens is 3. The SMILES string of the molecule is Cc1cccc(-c2nc(C(=O)Nc3cc(C)ccc3C)nn2-c2ccc(Cl)cc2)c1. The molecule has 0 atom stereocenters. The largest absolute Gasteiger partial charge is 0.319 e. The van der Waals surface area contributed by atoms with E-state index in [4.69, 9.17) is 11.6 Å². The van der Waals surface area contributed by atoms with Gasteiger partial charge in [-0.2, -0.15) is 0 Å². The maximum absolute atomic E-state index is 13.0. The molecule has 150 valence electrons. The fourth-order valence-corrected chi connectivity index (χ4v) is 3.32. The van der Waals surface area contributed by atoms with Crippen molar-refractivity contribution < 1.29 is 4.79 Å². The molecule has 0 spiro atoms. The summed E-state index contributed by atoms with van der Waals surface area (Å²) in [6.07, 6.45) is 0. The van der Waals surface area contributed by atoms with Crippen LogP contribution in [0.15, 0.2) is 66.7 Å². The summed E-state index contributed by atoms with van der Waals surface area (Å²) < 4.78 is 1.67. The zero-order chi connectivity index (χ0) is 21.3. The van der Waals surface area contributed by atoms with Crippen LogP contribution < -0.4 is 5.32 Å². The van der Waals surface area contributed by atoms with Crippen molar-refractivity contribution in [1.29, 1.82) is 0 Å². The van der Waals surface area contributed by atoms with Crippen LogP contribution >= 0.6 is 11.6 Å². The Hall–Kier alpha value is -3.44. The van der Waals surface area contributed by atoms with E-state index in [1.807, 2.05) is 75.4 Å². The van der Waals surface area contributed by atoms with Gasteiger partial charge in [-0.05, 0) is 68.3 Å². The Balaban J connectivity index is 1.77. The number of benzene rings is 3. The van der Waals surface area contributed by atoms with Crippen LogP contribution in [0.3, 0.4) is 0 Å². The molecule has 0 unspecified atom stereocenters. The Bertz CT molecular complexity index is 1230. The number of carbonyl (C=O) groups is 1. The monoisotopic (exact) mass is 416 g/mol. The molecule has 6 heteroatoms. The van der Waals surface area contributed by atoms with E-state index < -0.39 is 0 Å². The van der Waals surface area contributed by atoms with E-state index in [0.717, 1.165) is 33.6 Å². The van der Waals surface area contributed by atoms with Crippen molar-refractivity contribution in [1.82, 2.24) is 14.8 Å². The van der Waals surface area contributed by atoms with Crippen molar-refractivity contribution in [2.24, 2.45) is 0 Å². The van der Waals surface area contributed by atoms with Crippen LogP contribution in [0.1, 0.15) is 27.3 Å². The molecule has 0 bridgehead atoms. The molecule has 1 N–H and O–H groups in total. The van der Waals surface area contributed by atoms with Gasteiger partial charge in [-0.3, -0.25) is 4.79 Å². The van der Waals surface area contributed by atoms with Crippen LogP contribution in [0.5, 0.6) is 0 Å². The molecule has 1 heterocycles. The topological polar surface area (TPSA) is 59.8 Å². The van der Waals surface area contributed by atoms with Gasteiger partial charge in [0.05, 0.1) is 5.69 Å². The van der Waals surface area contributed by atoms with E-state index in [9.17, 15) is 4.79 Å². The molecule has 0 aliphatic carbocycles. The highest BCUT2D eigenvalue weighted by Crippen LogP contribution is 2.24. The van der Waals surface area contributed by atoms with Crippen molar-refractivity contribution in [3.05, 3.63) is 94.3 Å². The Morgan fingerprint density at radius 3 is 2.40 bits per heavy atom. The zero-order valence-corrected chi connectivity index (χ0v) is 17.7. The molecule has 30 heavy (non-hydrogen) atoms. The minimum Gasteiger partial charge on any atom is -0.319 e. The van der Waals surface area contributed by atoms with Gasteiger partial charge in [-0.25, -0.2) is 9.67 Å². The van der Waals surface area contributed by atoms with Crippen molar-refractivity contribution in [2.45, 2.75) is 20.8 Å². The Labute approximate surface area is 180 Å². The molecule has 4 aromatic rings. The highest BCUT2D eigenvalue weighted by Gasteiger charge is 2.19. The predicted molar refractivity (Wildman–Crippen MR) is 120 cm³/mol. The van der Waals surface area contributed by atoms with Gasteiger partial charge < -0.3 is 5.32 Å². The Morgan fingerprint density at radius 2 is 1.67 bits per heavy atom. The lowest BCUT2D eigenvalue weighted by Crippen LogP contribution is -2.15. The first-order valence-corrected chi connectivity index (χ1v) is 9.97. The molecule has 4 rings (SSSR count). The highest BCUT2D eigenvalue weighted by molar-refractivity contribution is 6.30. The molecule has 0 aliphatic heterocycles. The van der Waals surface area contributed by atoms with Gasteiger partial charge in [0, 0.05) is 16.3 Å². The number of aryl methyl sites for hydroxylation is 3. The highest BCUT2D eigenvalue weighted by atomic mass is 35.5. The summed E-state index contributed by atoms with van der Waals surface area (Å²) in [5.74, 6) is 0.333. The van der Waals surface area contributed by atoms with Crippen molar-refractivity contribution in [3.8, 4) is 17.1 Å². The molecule has 1 amide bonds. The second-order valence-corrected chi connectivity index (χ2v) is 7.73. The molecule has 5 nitrogen and oxygen atoms in total. The average molecular weight is 417 g/mol. The molecule has 0 saturated carbocycles. The smallest absolute Gasteiger partial charge is 0.295 e. The standard InChI is InChI=1S/C24H21ClN4O/c1-15-5-4-6-18(13-15)23-27-22(28-29(23)20-11-9-19(25)10-12-20)24(30)26-21-14-16(2)7-8-17(21)3/h4-14H,1-3H3,(H,26,30). The summed E-state index contributed by atoms with van der Waals surface area (Å²) in [5.41, 5.74) is 5.54. The summed E-state index contributed by atoms with van der Waals surface area (Å²) >= 11 is 6.04. The first kappa shape index (κ1) is 19.9. The van der Waals surface area contributed by atoms with Crippen LogP contribution in [-0.4, -0.2) is 20.7 Å². The summed E-state index contributed by atoms with van der Waals surface area (Å²) in [4.78, 5) is 17.5. The quantitative estimate of drug-likeness (QED) is 0.459. The lowest BCUT2D eigenvalue weighted by atomic mass is 10.1. The predicted octanol–water partition coefficient (Wildman–Crippen LogP) is 5.77. The van der Waals surface area contributed by atoms with Crippen molar-refractivity contribution >= 4 is 23.2 Å². The minimum atomic E-state index is -0.356. The van der Waals surface area contributed by atoms with Gasteiger partial charge in [0.15, 0.2) is 5.82 Å². The lowest BCUT2D eigenvalue weighted by Gasteiger charge is -2.07. The average Bonchev–Trinajstić information content (AvgIpc) is 3.17. The number of hydrogen-bond donors (Lipinski definition) is 1. The fourth-order valence-electron chi connectivity index (χ4n) is 3.19. The van der Waals surface area contributed by atoms with E-state index in [1.54, 1.807) is 16.8 Å². The first-order chi connectivity index (χ1) is 14.4. The minimum absolute atomic E-state index is 0.0994. The van der Waals surface area contributed by atoms with Gasteiger partial charge in [0.1, 0.15) is 0 Å². The van der Waals surface area contributed by atoms with Crippen LogP contribution in [0.25, 0.3) is 17.1 Å². The summed E-state index contributed by atoms with van der Waals surface area (Å²) in [5, 5.41) is 8.08. The number of anilines is 1. The second-order valence-electron chi connectivity index (χ2n) is 7.29. The number of amides is 1. The summed E-state index contributed by atoms with van der Waals surface area (Å²) in [6.45, 7) is 5.95. The van der Waals surface area contributed by atoms with Gasteiger partial charge in [0.25, 0.3) is 5.91 Å². The molecular weight excluding hydrogens is 396 g/mol. The number of halogens is 1. The van der Waals surface area contributed by atoms with Crippen LogP contribution in [0.2, 0.25) is 5.02 Å². The van der Waals surface area contributed by atoms with E-state index >= 15 is 0 Å². The Kier molecular flexibility index (Phi) is 5.38. The van der Waals surface area contributed by atoms with Gasteiger partial charge >= 0.3 is 0 Å². The van der Waals surface area contributed by atoms with Crippen molar-refractivity contribution in [3.63, 3.8) is 0 Å². The molecule has 3 aromatic carbocycles. The normalized spacial score (nSPS) is 10.8. The third kappa shape index (κ3) is 4.11. The third-order valence-corrected chi connectivity index (χ3v) is 5.05. The van der Waals surface area contributed by atoms with Gasteiger partial charge in [-0.1, -0.05) is 47.5 Å². The summed E-state index contributed by atoms with van der Waals surface area (Å²) in [7, 11) is 0. The molecular formula is C24H21ClN4O. The molecule has 0 saturated heterocycles. The third-order valence-electron chi connectivity index (χ3n) is 4.80. The van der Waals surface area contributed by atoms with E-state index in [2.05, 4.69) is 15.4 Å². The van der Waals surface area contributed by atoms with Crippen LogP contribution in [-0.2, 0) is 0 Å². The fraction of sp³-hybridized carbons (Fsp3) is 0.125. The Morgan fingerprint density at radius 1 is 0.933 bits per heavy atom. The number of rotatable bonds is 4. The van der Waals surface area contributed by atoms with Gasteiger partial charge in [0.2, 0.25) is 5.82 Å². The summed E-state index contributed by atoms with van der Waals surface area (Å²) in [6, 6.07) is 21.1. The van der Waals surface area contributed by atoms with Gasteiger partial charge in [-0.15, -0.1) is 5.10 Å². The van der Waals surface area contributed by atoms with E-state index in [-0.39, 0.29) is 11.7 Å². The zero-order valence-electron chi connectivity index (χ0n) is 17.0. The van der Waals surface area contributed by atoms with Crippen LogP contribution in [0, 0.1) is 20.8 Å². The number of nitrogens with zero attached hydrogens (tertiary/aromatic N) is 3. The maximum atomic E-state index is 13.0. The van der Waals surface area contributed by atoms with E-state index in [0.29, 0.717) is 10.8 Å². The first-order valence-electron chi connectivity index (χ1n) is 9.59. The number of hydrogen-bond acceptors (Lipinski definition) is 3. The van der Waals surface area contributed by atoms with E-state index in [1.165, 1.54) is 0 Å². The van der Waals surface area contributed by atoms with Crippen molar-refractivity contribution in [2.75, 3.05) is 5.32 Å².